The first-order valence-corrected chi connectivity index (χ1v) is 6.54. The molecule has 2 aromatic rings. The van der Waals surface area contributed by atoms with Crippen molar-refractivity contribution < 1.29 is 4.79 Å². The lowest BCUT2D eigenvalue weighted by Crippen LogP contribution is -2.27. The molecule has 0 saturated heterocycles. The molecule has 20 heavy (non-hydrogen) atoms. The molecule has 0 fully saturated rings. The maximum absolute atomic E-state index is 12.3. The molecule has 2 aromatic heterocycles. The molecule has 0 radical (unpaired) electrons. The van der Waals surface area contributed by atoms with Gasteiger partial charge in [0.2, 0.25) is 0 Å². The Morgan fingerprint density at radius 3 is 2.90 bits per heavy atom. The van der Waals surface area contributed by atoms with Crippen LogP contribution >= 0.6 is 0 Å². The standard InChI is InChI=1S/C14H19N5O/c1-4-15-13-7-5-6-12(17-13)14(20)18(2)9-11-8-16-19(3)10-11/h5-8,10H,4,9H2,1-3H3,(H,15,17). The average molecular weight is 273 g/mol. The molecule has 106 valence electrons. The quantitative estimate of drug-likeness (QED) is 0.897. The van der Waals surface area contributed by atoms with E-state index >= 15 is 0 Å². The van der Waals surface area contributed by atoms with Gasteiger partial charge in [-0.25, -0.2) is 4.98 Å². The molecule has 2 heterocycles. The van der Waals surface area contributed by atoms with E-state index in [1.165, 1.54) is 0 Å². The van der Waals surface area contributed by atoms with Crippen LogP contribution in [0.5, 0.6) is 0 Å². The lowest BCUT2D eigenvalue weighted by atomic mass is 10.3. The van der Waals surface area contributed by atoms with E-state index in [-0.39, 0.29) is 5.91 Å². The van der Waals surface area contributed by atoms with Crippen LogP contribution in [0.1, 0.15) is 23.0 Å². The highest BCUT2D eigenvalue weighted by Gasteiger charge is 2.14. The van der Waals surface area contributed by atoms with Gasteiger partial charge in [-0.05, 0) is 19.1 Å². The molecular formula is C14H19N5O. The van der Waals surface area contributed by atoms with Gasteiger partial charge in [-0.1, -0.05) is 6.07 Å². The highest BCUT2D eigenvalue weighted by molar-refractivity contribution is 5.92. The Morgan fingerprint density at radius 2 is 2.25 bits per heavy atom. The molecule has 1 amide bonds. The Morgan fingerprint density at radius 1 is 1.45 bits per heavy atom. The molecule has 0 saturated carbocycles. The van der Waals surface area contributed by atoms with Gasteiger partial charge in [0.1, 0.15) is 11.5 Å². The predicted molar refractivity (Wildman–Crippen MR) is 77.4 cm³/mol. The van der Waals surface area contributed by atoms with E-state index in [4.69, 9.17) is 0 Å². The topological polar surface area (TPSA) is 63.1 Å². The monoisotopic (exact) mass is 273 g/mol. The van der Waals surface area contributed by atoms with Crippen LogP contribution in [0.3, 0.4) is 0 Å². The summed E-state index contributed by atoms with van der Waals surface area (Å²) in [4.78, 5) is 18.3. The second kappa shape index (κ2) is 6.18. The Balaban J connectivity index is 2.07. The number of nitrogens with one attached hydrogen (secondary N) is 1. The Bertz CT molecular complexity index is 593. The second-order valence-electron chi connectivity index (χ2n) is 4.62. The zero-order valence-electron chi connectivity index (χ0n) is 12.0. The summed E-state index contributed by atoms with van der Waals surface area (Å²) in [6.07, 6.45) is 3.65. The van der Waals surface area contributed by atoms with Gasteiger partial charge >= 0.3 is 0 Å². The lowest BCUT2D eigenvalue weighted by molar-refractivity contribution is 0.0779. The van der Waals surface area contributed by atoms with Crippen molar-refractivity contribution in [3.05, 3.63) is 41.9 Å². The molecule has 0 unspecified atom stereocenters. The smallest absolute Gasteiger partial charge is 0.272 e. The SMILES string of the molecule is CCNc1cccc(C(=O)N(C)Cc2cnn(C)c2)n1. The molecule has 0 aliphatic heterocycles. The maximum atomic E-state index is 12.3. The summed E-state index contributed by atoms with van der Waals surface area (Å²) in [7, 11) is 3.61. The van der Waals surface area contributed by atoms with E-state index in [1.54, 1.807) is 28.9 Å². The number of hydrogen-bond acceptors (Lipinski definition) is 4. The Labute approximate surface area is 118 Å². The Kier molecular flexibility index (Phi) is 4.34. The van der Waals surface area contributed by atoms with Gasteiger partial charge in [-0.2, -0.15) is 5.10 Å². The zero-order valence-corrected chi connectivity index (χ0v) is 12.0. The van der Waals surface area contributed by atoms with Gasteiger partial charge in [-0.15, -0.1) is 0 Å². The molecule has 0 aliphatic carbocycles. The first kappa shape index (κ1) is 14.0. The van der Waals surface area contributed by atoms with Crippen LogP contribution in [0.4, 0.5) is 5.82 Å². The fourth-order valence-electron chi connectivity index (χ4n) is 1.93. The van der Waals surface area contributed by atoms with E-state index < -0.39 is 0 Å². The molecule has 0 atom stereocenters. The summed E-state index contributed by atoms with van der Waals surface area (Å²) in [5.74, 6) is 0.613. The van der Waals surface area contributed by atoms with Crippen molar-refractivity contribution in [2.75, 3.05) is 18.9 Å². The number of anilines is 1. The number of amides is 1. The van der Waals surface area contributed by atoms with Crippen molar-refractivity contribution in [3.63, 3.8) is 0 Å². The fraction of sp³-hybridized carbons (Fsp3) is 0.357. The molecule has 0 bridgehead atoms. The van der Waals surface area contributed by atoms with Crippen molar-refractivity contribution in [3.8, 4) is 0 Å². The van der Waals surface area contributed by atoms with Gasteiger partial charge in [0, 0.05) is 38.9 Å². The van der Waals surface area contributed by atoms with Crippen LogP contribution in [-0.2, 0) is 13.6 Å². The first-order chi connectivity index (χ1) is 9.60. The molecule has 2 rings (SSSR count). The normalized spacial score (nSPS) is 10.3. The second-order valence-corrected chi connectivity index (χ2v) is 4.62. The largest absolute Gasteiger partial charge is 0.370 e. The van der Waals surface area contributed by atoms with Crippen LogP contribution in [0.25, 0.3) is 0 Å². The minimum Gasteiger partial charge on any atom is -0.370 e. The van der Waals surface area contributed by atoms with Crippen molar-refractivity contribution in [2.24, 2.45) is 7.05 Å². The molecule has 6 heteroatoms. The molecular weight excluding hydrogens is 254 g/mol. The first-order valence-electron chi connectivity index (χ1n) is 6.54. The molecule has 0 aromatic carbocycles. The molecule has 1 N–H and O–H groups in total. The number of aryl methyl sites for hydroxylation is 1. The summed E-state index contributed by atoms with van der Waals surface area (Å²) in [6.45, 7) is 3.28. The summed E-state index contributed by atoms with van der Waals surface area (Å²) in [5.41, 5.74) is 1.43. The van der Waals surface area contributed by atoms with E-state index in [1.807, 2.05) is 32.3 Å². The van der Waals surface area contributed by atoms with Gasteiger partial charge < -0.3 is 10.2 Å². The van der Waals surface area contributed by atoms with E-state index in [0.717, 1.165) is 12.1 Å². The predicted octanol–water partition coefficient (Wildman–Crippen LogP) is 1.52. The number of carbonyl (C=O) groups is 1. The highest BCUT2D eigenvalue weighted by atomic mass is 16.2. The summed E-state index contributed by atoms with van der Waals surface area (Å²) < 4.78 is 1.72. The van der Waals surface area contributed by atoms with E-state index in [2.05, 4.69) is 15.4 Å². The van der Waals surface area contributed by atoms with E-state index in [9.17, 15) is 4.79 Å². The number of hydrogen-bond donors (Lipinski definition) is 1. The van der Waals surface area contributed by atoms with Crippen molar-refractivity contribution in [1.29, 1.82) is 0 Å². The zero-order chi connectivity index (χ0) is 14.5. The molecule has 0 aliphatic rings. The van der Waals surface area contributed by atoms with Gasteiger partial charge in [-0.3, -0.25) is 9.48 Å². The number of nitrogens with zero attached hydrogens (tertiary/aromatic N) is 4. The average Bonchev–Trinajstić information content (AvgIpc) is 2.84. The lowest BCUT2D eigenvalue weighted by Gasteiger charge is -2.16. The number of pyridine rings is 1. The third-order valence-corrected chi connectivity index (χ3v) is 2.85. The van der Waals surface area contributed by atoms with Crippen molar-refractivity contribution in [1.82, 2.24) is 19.7 Å². The third-order valence-electron chi connectivity index (χ3n) is 2.85. The maximum Gasteiger partial charge on any atom is 0.272 e. The van der Waals surface area contributed by atoms with Crippen LogP contribution in [0.2, 0.25) is 0 Å². The summed E-state index contributed by atoms with van der Waals surface area (Å²) in [6, 6.07) is 5.40. The number of carbonyl (C=O) groups excluding carboxylic acids is 1. The van der Waals surface area contributed by atoms with Crippen molar-refractivity contribution in [2.45, 2.75) is 13.5 Å². The summed E-state index contributed by atoms with van der Waals surface area (Å²) in [5, 5.41) is 7.19. The van der Waals surface area contributed by atoms with E-state index in [0.29, 0.717) is 18.1 Å². The van der Waals surface area contributed by atoms with Gasteiger partial charge in [0.15, 0.2) is 0 Å². The third kappa shape index (κ3) is 3.34. The highest BCUT2D eigenvalue weighted by Crippen LogP contribution is 2.09. The van der Waals surface area contributed by atoms with Crippen molar-refractivity contribution >= 4 is 11.7 Å². The Hall–Kier alpha value is -2.37. The van der Waals surface area contributed by atoms with Crippen LogP contribution < -0.4 is 5.32 Å². The van der Waals surface area contributed by atoms with Gasteiger partial charge in [0.25, 0.3) is 5.91 Å². The fourth-order valence-corrected chi connectivity index (χ4v) is 1.93. The summed E-state index contributed by atoms with van der Waals surface area (Å²) >= 11 is 0. The minimum atomic E-state index is -0.103. The number of rotatable bonds is 5. The van der Waals surface area contributed by atoms with Gasteiger partial charge in [0.05, 0.1) is 6.20 Å². The van der Waals surface area contributed by atoms with Crippen LogP contribution in [-0.4, -0.2) is 39.2 Å². The van der Waals surface area contributed by atoms with Crippen LogP contribution in [0, 0.1) is 0 Å². The molecule has 0 spiro atoms. The minimum absolute atomic E-state index is 0.103. The number of aromatic nitrogens is 3. The molecule has 6 nitrogen and oxygen atoms in total. The van der Waals surface area contributed by atoms with Crippen LogP contribution in [0.15, 0.2) is 30.6 Å².